The number of halogens is 6. The third kappa shape index (κ3) is 6.79. The van der Waals surface area contributed by atoms with E-state index in [0.29, 0.717) is 30.1 Å². The van der Waals surface area contributed by atoms with Gasteiger partial charge in [-0.3, -0.25) is 9.69 Å². The van der Waals surface area contributed by atoms with Crippen LogP contribution in [0.4, 0.5) is 42.6 Å². The minimum atomic E-state index is -5.03. The highest BCUT2D eigenvalue weighted by Gasteiger charge is 2.42. The van der Waals surface area contributed by atoms with Gasteiger partial charge in [0.1, 0.15) is 5.82 Å². The first-order chi connectivity index (χ1) is 18.4. The lowest BCUT2D eigenvalue weighted by atomic mass is 9.91. The van der Waals surface area contributed by atoms with E-state index in [9.17, 15) is 35.9 Å². The molecule has 0 unspecified atom stereocenters. The van der Waals surface area contributed by atoms with Gasteiger partial charge in [0.15, 0.2) is 0 Å². The van der Waals surface area contributed by atoms with E-state index < -0.39 is 60.2 Å². The Labute approximate surface area is 228 Å². The molecule has 0 N–H and O–H groups in total. The van der Waals surface area contributed by atoms with Gasteiger partial charge in [-0.25, -0.2) is 9.78 Å². The number of fused-ring (bicyclic) bond motifs is 1. The molecule has 2 heterocycles. The maximum absolute atomic E-state index is 13.5. The molecule has 0 saturated carbocycles. The lowest BCUT2D eigenvalue weighted by Gasteiger charge is -2.43. The van der Waals surface area contributed by atoms with Gasteiger partial charge in [-0.05, 0) is 62.6 Å². The molecular formula is C27H32F6N4O3. The molecule has 13 heteroatoms. The fourth-order valence-electron chi connectivity index (χ4n) is 4.70. The molecule has 1 aliphatic heterocycles. The van der Waals surface area contributed by atoms with Crippen molar-refractivity contribution >= 4 is 23.5 Å². The van der Waals surface area contributed by atoms with E-state index in [0.717, 1.165) is 0 Å². The third-order valence-corrected chi connectivity index (χ3v) is 6.57. The largest absolute Gasteiger partial charge is 0.446 e. The number of pyridine rings is 1. The van der Waals surface area contributed by atoms with Gasteiger partial charge >= 0.3 is 18.4 Å². The van der Waals surface area contributed by atoms with Crippen molar-refractivity contribution in [2.45, 2.75) is 77.6 Å². The molecule has 2 aromatic rings. The quantitative estimate of drug-likeness (QED) is 0.355. The highest BCUT2D eigenvalue weighted by Crippen LogP contribution is 2.43. The summed E-state index contributed by atoms with van der Waals surface area (Å²) in [7, 11) is 3.46. The molecule has 40 heavy (non-hydrogen) atoms. The average Bonchev–Trinajstić information content (AvgIpc) is 2.84. The first-order valence-electron chi connectivity index (χ1n) is 12.7. The zero-order valence-corrected chi connectivity index (χ0v) is 23.0. The number of amides is 2. The first-order valence-corrected chi connectivity index (χ1v) is 12.7. The summed E-state index contributed by atoms with van der Waals surface area (Å²) in [6.45, 7) is 5.87. The Kier molecular flexibility index (Phi) is 8.95. The Balaban J connectivity index is 2.17. The summed E-state index contributed by atoms with van der Waals surface area (Å²) in [4.78, 5) is 35.0. The first kappa shape index (κ1) is 31.0. The normalized spacial score (nSPS) is 17.5. The number of carbonyl (C=O) groups excluding carboxylic acids is 2. The molecule has 0 saturated heterocycles. The summed E-state index contributed by atoms with van der Waals surface area (Å²) in [5, 5.41) is 0. The van der Waals surface area contributed by atoms with Crippen molar-refractivity contribution < 1.29 is 40.7 Å². The van der Waals surface area contributed by atoms with Crippen LogP contribution in [0.2, 0.25) is 0 Å². The van der Waals surface area contributed by atoms with Gasteiger partial charge in [0.2, 0.25) is 5.91 Å². The molecule has 1 aromatic carbocycles. The molecule has 2 atom stereocenters. The third-order valence-electron chi connectivity index (χ3n) is 6.57. The van der Waals surface area contributed by atoms with Gasteiger partial charge in [-0.2, -0.15) is 26.3 Å². The zero-order valence-electron chi connectivity index (χ0n) is 23.0. The van der Waals surface area contributed by atoms with Crippen molar-refractivity contribution in [3.05, 3.63) is 52.7 Å². The minimum Gasteiger partial charge on any atom is -0.446 e. The number of carbonyl (C=O) groups is 2. The Hall–Kier alpha value is -3.51. The molecule has 2 amide bonds. The number of nitrogens with zero attached hydrogens (tertiary/aromatic N) is 4. The monoisotopic (exact) mass is 574 g/mol. The molecule has 1 aromatic heterocycles. The van der Waals surface area contributed by atoms with Crippen LogP contribution in [0.15, 0.2) is 30.3 Å². The summed E-state index contributed by atoms with van der Waals surface area (Å²) in [5.74, 6) is -0.0927. The van der Waals surface area contributed by atoms with Gasteiger partial charge < -0.3 is 14.5 Å². The molecule has 3 rings (SSSR count). The smallest absolute Gasteiger partial charge is 0.416 e. The number of hydrogen-bond acceptors (Lipinski definition) is 5. The van der Waals surface area contributed by atoms with Crippen molar-refractivity contribution in [1.29, 1.82) is 0 Å². The van der Waals surface area contributed by atoms with Crippen molar-refractivity contribution in [3.8, 4) is 0 Å². The lowest BCUT2D eigenvalue weighted by molar-refractivity contribution is -0.143. The van der Waals surface area contributed by atoms with Gasteiger partial charge in [-0.1, -0.05) is 6.92 Å². The SMILES string of the molecule is CC[C@H]1C[C@@H](N(Cc2cc(C(F)(F)F)cc(C(F)(F)F)c2)C(C)=O)c2nc(N(C)C)ccc2N1C(=O)OC(C)C. The molecule has 0 radical (unpaired) electrons. The molecular weight excluding hydrogens is 542 g/mol. The maximum atomic E-state index is 13.5. The van der Waals surface area contributed by atoms with Gasteiger partial charge in [0.25, 0.3) is 0 Å². The maximum Gasteiger partial charge on any atom is 0.416 e. The predicted octanol–water partition coefficient (Wildman–Crippen LogP) is 6.81. The van der Waals surface area contributed by atoms with E-state index in [-0.39, 0.29) is 23.7 Å². The van der Waals surface area contributed by atoms with Crippen LogP contribution >= 0.6 is 0 Å². The van der Waals surface area contributed by atoms with E-state index >= 15 is 0 Å². The summed E-state index contributed by atoms with van der Waals surface area (Å²) >= 11 is 0. The second-order valence-electron chi connectivity index (χ2n) is 10.1. The fraction of sp³-hybridized carbons (Fsp3) is 0.519. The average molecular weight is 575 g/mol. The number of ether oxygens (including phenoxy) is 1. The van der Waals surface area contributed by atoms with E-state index in [1.54, 1.807) is 45.0 Å². The van der Waals surface area contributed by atoms with Gasteiger partial charge in [0.05, 0.1) is 34.7 Å². The van der Waals surface area contributed by atoms with Gasteiger partial charge in [0, 0.05) is 33.6 Å². The Morgan fingerprint density at radius 1 is 1.05 bits per heavy atom. The van der Waals surface area contributed by atoms with Crippen LogP contribution in [0.3, 0.4) is 0 Å². The number of aromatic nitrogens is 1. The fourth-order valence-corrected chi connectivity index (χ4v) is 4.70. The zero-order chi connectivity index (χ0) is 30.2. The van der Waals surface area contributed by atoms with Crippen molar-refractivity contribution in [2.24, 2.45) is 0 Å². The number of benzene rings is 1. The molecule has 0 aliphatic carbocycles. The highest BCUT2D eigenvalue weighted by molar-refractivity contribution is 5.90. The topological polar surface area (TPSA) is 66.0 Å². The molecule has 1 aliphatic rings. The Morgan fingerprint density at radius 2 is 1.62 bits per heavy atom. The van der Waals surface area contributed by atoms with E-state index in [1.165, 1.54) is 16.7 Å². The summed E-state index contributed by atoms with van der Waals surface area (Å²) in [6, 6.07) is 3.27. The second-order valence-corrected chi connectivity index (χ2v) is 10.1. The Bertz CT molecular complexity index is 1210. The van der Waals surface area contributed by atoms with Gasteiger partial charge in [-0.15, -0.1) is 0 Å². The summed E-state index contributed by atoms with van der Waals surface area (Å²) in [5.41, 5.74) is -2.63. The number of anilines is 2. The molecule has 7 nitrogen and oxygen atoms in total. The number of alkyl halides is 6. The molecule has 0 bridgehead atoms. The van der Waals surface area contributed by atoms with Crippen molar-refractivity contribution in [2.75, 3.05) is 23.9 Å². The molecule has 220 valence electrons. The standard InChI is InChI=1S/C27H32F6N4O3/c1-7-20-13-22(24-21(8-9-23(34-24)35(5)6)37(20)25(39)40-15(2)3)36(16(4)38)14-17-10-18(26(28,29)30)12-19(11-17)27(31,32)33/h8-12,15,20,22H,7,13-14H2,1-6H3/t20-,22+/m0/s1. The minimum absolute atomic E-state index is 0.0494. The predicted molar refractivity (Wildman–Crippen MR) is 137 cm³/mol. The highest BCUT2D eigenvalue weighted by atomic mass is 19.4. The lowest BCUT2D eigenvalue weighted by Crippen LogP contribution is -2.49. The Morgan fingerprint density at radius 3 is 2.08 bits per heavy atom. The summed E-state index contributed by atoms with van der Waals surface area (Å²) in [6.07, 6.45) is -10.5. The number of rotatable bonds is 6. The van der Waals surface area contributed by atoms with E-state index in [4.69, 9.17) is 4.74 Å². The van der Waals surface area contributed by atoms with Crippen LogP contribution < -0.4 is 9.80 Å². The molecule has 0 spiro atoms. The number of hydrogen-bond donors (Lipinski definition) is 0. The van der Waals surface area contributed by atoms with Crippen LogP contribution in [-0.2, 0) is 28.4 Å². The van der Waals surface area contributed by atoms with Crippen molar-refractivity contribution in [1.82, 2.24) is 9.88 Å². The van der Waals surface area contributed by atoms with E-state index in [1.807, 2.05) is 6.92 Å². The van der Waals surface area contributed by atoms with Crippen molar-refractivity contribution in [3.63, 3.8) is 0 Å². The van der Waals surface area contributed by atoms with Crippen LogP contribution in [0.1, 0.15) is 69.0 Å². The second kappa shape index (κ2) is 11.5. The van der Waals surface area contributed by atoms with E-state index in [2.05, 4.69) is 4.98 Å². The van der Waals surface area contributed by atoms with Crippen LogP contribution in [-0.4, -0.2) is 48.1 Å². The summed E-state index contributed by atoms with van der Waals surface area (Å²) < 4.78 is 86.4. The van der Waals surface area contributed by atoms with Crippen LogP contribution in [0.5, 0.6) is 0 Å². The van der Waals surface area contributed by atoms with Crippen LogP contribution in [0.25, 0.3) is 0 Å². The molecule has 0 fully saturated rings. The van der Waals surface area contributed by atoms with Crippen LogP contribution in [0, 0.1) is 0 Å².